The summed E-state index contributed by atoms with van der Waals surface area (Å²) in [5.41, 5.74) is 0. The first-order valence-electron chi connectivity index (χ1n) is 6.42. The van der Waals surface area contributed by atoms with Crippen LogP contribution < -0.4 is 0 Å². The fraction of sp³-hybridized carbons (Fsp3) is 0.692. The van der Waals surface area contributed by atoms with E-state index in [1.165, 1.54) is 18.1 Å². The van der Waals surface area contributed by atoms with Crippen molar-refractivity contribution in [2.75, 3.05) is 6.61 Å². The maximum Gasteiger partial charge on any atom is 0.191 e. The Labute approximate surface area is 100 Å². The van der Waals surface area contributed by atoms with Gasteiger partial charge in [0.05, 0.1) is 6.26 Å². The van der Waals surface area contributed by atoms with Crippen molar-refractivity contribution in [3.63, 3.8) is 0 Å². The molecule has 0 aliphatic rings. The summed E-state index contributed by atoms with van der Waals surface area (Å²) >= 11 is 0. The summed E-state index contributed by atoms with van der Waals surface area (Å²) in [5, 5.41) is 0. The van der Waals surface area contributed by atoms with E-state index in [4.69, 9.17) is 8.84 Å². The highest BCUT2D eigenvalue weighted by atomic mass is 28.4. The van der Waals surface area contributed by atoms with Gasteiger partial charge in [0.1, 0.15) is 5.76 Å². The number of hydrogen-bond acceptors (Lipinski definition) is 2. The van der Waals surface area contributed by atoms with Crippen molar-refractivity contribution in [1.29, 1.82) is 0 Å². The summed E-state index contributed by atoms with van der Waals surface area (Å²) in [7, 11) is -1.37. The smallest absolute Gasteiger partial charge is 0.191 e. The van der Waals surface area contributed by atoms with Gasteiger partial charge >= 0.3 is 0 Å². The molecule has 0 saturated heterocycles. The predicted molar refractivity (Wildman–Crippen MR) is 70.2 cm³/mol. The Balaban J connectivity index is 2.23. The zero-order chi connectivity index (χ0) is 11.9. The summed E-state index contributed by atoms with van der Waals surface area (Å²) in [5.74, 6) is 1.07. The Morgan fingerprint density at radius 3 is 2.38 bits per heavy atom. The van der Waals surface area contributed by atoms with Gasteiger partial charge in [0.15, 0.2) is 8.32 Å². The van der Waals surface area contributed by atoms with Crippen LogP contribution in [0.25, 0.3) is 0 Å². The predicted octanol–water partition coefficient (Wildman–Crippen LogP) is 4.23. The maximum atomic E-state index is 6.17. The lowest BCUT2D eigenvalue weighted by atomic mass is 10.3. The van der Waals surface area contributed by atoms with Crippen molar-refractivity contribution in [1.82, 2.24) is 0 Å². The van der Waals surface area contributed by atoms with E-state index in [0.717, 1.165) is 25.2 Å². The van der Waals surface area contributed by atoms with Crippen molar-refractivity contribution in [3.8, 4) is 0 Å². The van der Waals surface area contributed by atoms with Crippen LogP contribution in [-0.4, -0.2) is 14.9 Å². The highest BCUT2D eigenvalue weighted by molar-refractivity contribution is 6.73. The molecule has 92 valence electrons. The number of furan rings is 1. The van der Waals surface area contributed by atoms with Crippen LogP contribution in [0.4, 0.5) is 0 Å². The fourth-order valence-corrected chi connectivity index (χ4v) is 4.74. The molecule has 0 aliphatic carbocycles. The number of aryl methyl sites for hydroxylation is 1. The SMILES string of the molecule is CC[Si](CC)(CC)OCCCc1ccco1. The fourth-order valence-electron chi connectivity index (χ4n) is 2.05. The summed E-state index contributed by atoms with van der Waals surface area (Å²) in [6, 6.07) is 7.69. The highest BCUT2D eigenvalue weighted by Crippen LogP contribution is 2.21. The molecule has 1 heterocycles. The van der Waals surface area contributed by atoms with Gasteiger partial charge in [-0.15, -0.1) is 0 Å². The third kappa shape index (κ3) is 3.80. The van der Waals surface area contributed by atoms with Gasteiger partial charge in [-0.05, 0) is 36.7 Å². The van der Waals surface area contributed by atoms with Crippen molar-refractivity contribution in [2.45, 2.75) is 51.7 Å². The van der Waals surface area contributed by atoms with Gasteiger partial charge in [-0.2, -0.15) is 0 Å². The second kappa shape index (κ2) is 6.92. The summed E-state index contributed by atoms with van der Waals surface area (Å²) in [6.07, 6.45) is 3.80. The molecule has 1 aromatic heterocycles. The lowest BCUT2D eigenvalue weighted by Gasteiger charge is -2.27. The van der Waals surface area contributed by atoms with Crippen molar-refractivity contribution >= 4 is 8.32 Å². The summed E-state index contributed by atoms with van der Waals surface area (Å²) in [4.78, 5) is 0. The van der Waals surface area contributed by atoms with Gasteiger partial charge in [0.25, 0.3) is 0 Å². The molecule has 0 atom stereocenters. The Hall–Kier alpha value is -0.543. The number of hydrogen-bond donors (Lipinski definition) is 0. The molecule has 0 aromatic carbocycles. The first kappa shape index (κ1) is 13.5. The van der Waals surface area contributed by atoms with Crippen LogP contribution in [0, 0.1) is 0 Å². The second-order valence-electron chi connectivity index (χ2n) is 4.28. The minimum absolute atomic E-state index is 0.891. The average Bonchev–Trinajstić information content (AvgIpc) is 2.83. The van der Waals surface area contributed by atoms with E-state index in [0.29, 0.717) is 0 Å². The first-order valence-corrected chi connectivity index (χ1v) is 8.95. The molecule has 0 aliphatic heterocycles. The van der Waals surface area contributed by atoms with Gasteiger partial charge in [-0.25, -0.2) is 0 Å². The Bertz CT molecular complexity index is 257. The first-order chi connectivity index (χ1) is 7.76. The minimum Gasteiger partial charge on any atom is -0.469 e. The van der Waals surface area contributed by atoms with Crippen LogP contribution in [0.2, 0.25) is 18.1 Å². The Kier molecular flexibility index (Phi) is 5.84. The molecule has 0 fully saturated rings. The third-order valence-electron chi connectivity index (χ3n) is 3.49. The molecule has 0 amide bonds. The molecule has 3 heteroatoms. The molecular weight excluding hydrogens is 216 g/mol. The van der Waals surface area contributed by atoms with E-state index in [1.54, 1.807) is 6.26 Å². The molecular formula is C13H24O2Si. The third-order valence-corrected chi connectivity index (χ3v) is 8.17. The quantitative estimate of drug-likeness (QED) is 0.501. The zero-order valence-corrected chi connectivity index (χ0v) is 11.8. The van der Waals surface area contributed by atoms with Gasteiger partial charge in [0, 0.05) is 13.0 Å². The normalized spacial score (nSPS) is 11.9. The Morgan fingerprint density at radius 1 is 1.19 bits per heavy atom. The molecule has 0 spiro atoms. The van der Waals surface area contributed by atoms with E-state index in [-0.39, 0.29) is 0 Å². The molecule has 0 radical (unpaired) electrons. The van der Waals surface area contributed by atoms with Gasteiger partial charge < -0.3 is 8.84 Å². The van der Waals surface area contributed by atoms with E-state index >= 15 is 0 Å². The zero-order valence-electron chi connectivity index (χ0n) is 10.8. The standard InChI is InChI=1S/C13H24O2Si/c1-4-16(5-2,6-3)15-12-8-10-13-9-7-11-14-13/h7,9,11H,4-6,8,10,12H2,1-3H3. The van der Waals surface area contributed by atoms with Crippen LogP contribution in [-0.2, 0) is 10.8 Å². The topological polar surface area (TPSA) is 22.4 Å². The summed E-state index contributed by atoms with van der Waals surface area (Å²) in [6.45, 7) is 7.70. The van der Waals surface area contributed by atoms with E-state index in [9.17, 15) is 0 Å². The maximum absolute atomic E-state index is 6.17. The van der Waals surface area contributed by atoms with Crippen molar-refractivity contribution < 1.29 is 8.84 Å². The largest absolute Gasteiger partial charge is 0.469 e. The molecule has 16 heavy (non-hydrogen) atoms. The van der Waals surface area contributed by atoms with Crippen LogP contribution in [0.5, 0.6) is 0 Å². The van der Waals surface area contributed by atoms with E-state index < -0.39 is 8.32 Å². The van der Waals surface area contributed by atoms with E-state index in [1.807, 2.05) is 12.1 Å². The minimum atomic E-state index is -1.37. The molecule has 0 saturated carbocycles. The molecule has 0 N–H and O–H groups in total. The summed E-state index contributed by atoms with van der Waals surface area (Å²) < 4.78 is 11.5. The average molecular weight is 240 g/mol. The molecule has 0 unspecified atom stereocenters. The van der Waals surface area contributed by atoms with E-state index in [2.05, 4.69) is 20.8 Å². The lowest BCUT2D eigenvalue weighted by Crippen LogP contribution is -2.36. The molecule has 0 bridgehead atoms. The van der Waals surface area contributed by atoms with Crippen LogP contribution in [0.15, 0.2) is 22.8 Å². The van der Waals surface area contributed by atoms with Gasteiger partial charge in [0.2, 0.25) is 0 Å². The van der Waals surface area contributed by atoms with Gasteiger partial charge in [-0.3, -0.25) is 0 Å². The molecule has 2 nitrogen and oxygen atoms in total. The monoisotopic (exact) mass is 240 g/mol. The number of rotatable bonds is 8. The molecule has 1 aromatic rings. The van der Waals surface area contributed by atoms with Gasteiger partial charge in [-0.1, -0.05) is 20.8 Å². The van der Waals surface area contributed by atoms with Crippen LogP contribution in [0.1, 0.15) is 33.0 Å². The Morgan fingerprint density at radius 2 is 1.88 bits per heavy atom. The van der Waals surface area contributed by atoms with Crippen molar-refractivity contribution in [3.05, 3.63) is 24.2 Å². The van der Waals surface area contributed by atoms with Crippen LogP contribution >= 0.6 is 0 Å². The lowest BCUT2D eigenvalue weighted by molar-refractivity contribution is 0.289. The second-order valence-corrected chi connectivity index (χ2v) is 9.05. The van der Waals surface area contributed by atoms with Crippen LogP contribution in [0.3, 0.4) is 0 Å². The highest BCUT2D eigenvalue weighted by Gasteiger charge is 2.28. The molecule has 1 rings (SSSR count). The van der Waals surface area contributed by atoms with Crippen molar-refractivity contribution in [2.24, 2.45) is 0 Å².